The molecule has 0 bridgehead atoms. The lowest BCUT2D eigenvalue weighted by molar-refractivity contribution is -0.135. The third-order valence-corrected chi connectivity index (χ3v) is 4.16. The normalized spacial score (nSPS) is 17.2. The molecular weight excluding hydrogens is 358 g/mol. The van der Waals surface area contributed by atoms with Crippen molar-refractivity contribution in [1.29, 1.82) is 0 Å². The van der Waals surface area contributed by atoms with E-state index >= 15 is 0 Å². The lowest BCUT2D eigenvalue weighted by Crippen LogP contribution is -2.47. The summed E-state index contributed by atoms with van der Waals surface area (Å²) in [6, 6.07) is 9.91. The topological polar surface area (TPSA) is 92.9 Å². The van der Waals surface area contributed by atoms with Crippen molar-refractivity contribution in [2.45, 2.75) is 32.0 Å². The van der Waals surface area contributed by atoms with E-state index in [0.717, 1.165) is 5.56 Å². The van der Waals surface area contributed by atoms with Crippen molar-refractivity contribution in [3.8, 4) is 0 Å². The summed E-state index contributed by atoms with van der Waals surface area (Å²) in [5.41, 5.74) is 1.51. The Morgan fingerprint density at radius 3 is 2.77 bits per heavy atom. The van der Waals surface area contributed by atoms with Crippen molar-refractivity contribution >= 4 is 29.1 Å². The van der Waals surface area contributed by atoms with E-state index in [9.17, 15) is 9.59 Å². The summed E-state index contributed by atoms with van der Waals surface area (Å²) < 4.78 is 5.14. The molecule has 0 fully saturated rings. The zero-order valence-corrected chi connectivity index (χ0v) is 14.8. The highest BCUT2D eigenvalue weighted by Gasteiger charge is 2.30. The van der Waals surface area contributed by atoms with E-state index in [0.29, 0.717) is 22.9 Å². The highest BCUT2D eigenvalue weighted by molar-refractivity contribution is 6.30. The summed E-state index contributed by atoms with van der Waals surface area (Å²) in [6.07, 6.45) is 1.09. The molecule has 1 aliphatic rings. The molecule has 0 unspecified atom stereocenters. The zero-order chi connectivity index (χ0) is 18.5. The molecule has 1 aliphatic heterocycles. The van der Waals surface area contributed by atoms with Gasteiger partial charge in [0, 0.05) is 11.4 Å². The summed E-state index contributed by atoms with van der Waals surface area (Å²) in [6.45, 7) is 1.86. The number of rotatable bonds is 6. The summed E-state index contributed by atoms with van der Waals surface area (Å²) in [5, 5.41) is 9.91. The predicted molar refractivity (Wildman–Crippen MR) is 95.6 cm³/mol. The number of hydrogen-bond donors (Lipinski definition) is 2. The van der Waals surface area contributed by atoms with E-state index < -0.39 is 18.1 Å². The first-order valence-electron chi connectivity index (χ1n) is 8.12. The van der Waals surface area contributed by atoms with Crippen LogP contribution in [0.25, 0.3) is 0 Å². The summed E-state index contributed by atoms with van der Waals surface area (Å²) in [4.78, 5) is 29.6. The molecule has 2 atom stereocenters. The molecule has 3 rings (SSSR count). The molecule has 2 aromatic rings. The fourth-order valence-corrected chi connectivity index (χ4v) is 2.57. The van der Waals surface area contributed by atoms with Crippen LogP contribution in [0.5, 0.6) is 0 Å². The van der Waals surface area contributed by atoms with Gasteiger partial charge >= 0.3 is 0 Å². The van der Waals surface area contributed by atoms with Crippen LogP contribution in [0.15, 0.2) is 52.2 Å². The van der Waals surface area contributed by atoms with E-state index in [1.54, 1.807) is 31.2 Å². The molecule has 0 radical (unpaired) electrons. The molecule has 26 heavy (non-hydrogen) atoms. The Morgan fingerprint density at radius 1 is 1.31 bits per heavy atom. The second kappa shape index (κ2) is 8.05. The number of furan rings is 1. The van der Waals surface area contributed by atoms with Crippen LogP contribution in [0.3, 0.4) is 0 Å². The van der Waals surface area contributed by atoms with Gasteiger partial charge in [-0.15, -0.1) is 0 Å². The third kappa shape index (κ3) is 4.43. The first kappa shape index (κ1) is 18.0. The van der Waals surface area contributed by atoms with Crippen molar-refractivity contribution in [2.75, 3.05) is 0 Å². The Bertz CT molecular complexity index is 802. The zero-order valence-electron chi connectivity index (χ0n) is 14.1. The molecule has 8 heteroatoms. The summed E-state index contributed by atoms with van der Waals surface area (Å²) in [7, 11) is 0. The minimum absolute atomic E-state index is 0.260. The number of hydrogen-bond acceptors (Lipinski definition) is 5. The monoisotopic (exact) mass is 375 g/mol. The maximum atomic E-state index is 12.3. The number of benzene rings is 1. The fourth-order valence-electron chi connectivity index (χ4n) is 2.44. The van der Waals surface area contributed by atoms with Gasteiger partial charge in [0.05, 0.1) is 18.5 Å². The van der Waals surface area contributed by atoms with Gasteiger partial charge in [-0.2, -0.15) is 0 Å². The fraction of sp³-hybridized carbons (Fsp3) is 0.278. The van der Waals surface area contributed by atoms with Gasteiger partial charge in [-0.1, -0.05) is 28.9 Å². The van der Waals surface area contributed by atoms with E-state index in [2.05, 4.69) is 15.8 Å². The van der Waals surface area contributed by atoms with Crippen molar-refractivity contribution in [1.82, 2.24) is 10.6 Å². The van der Waals surface area contributed by atoms with Gasteiger partial charge < -0.3 is 19.9 Å². The van der Waals surface area contributed by atoms with Crippen LogP contribution in [0.1, 0.15) is 24.7 Å². The van der Waals surface area contributed by atoms with Crippen LogP contribution >= 0.6 is 11.6 Å². The van der Waals surface area contributed by atoms with Crippen molar-refractivity contribution in [3.63, 3.8) is 0 Å². The molecule has 0 saturated carbocycles. The highest BCUT2D eigenvalue weighted by atomic mass is 35.5. The summed E-state index contributed by atoms with van der Waals surface area (Å²) >= 11 is 5.86. The molecule has 1 aromatic heterocycles. The van der Waals surface area contributed by atoms with Gasteiger partial charge in [0.2, 0.25) is 12.0 Å². The lowest BCUT2D eigenvalue weighted by Gasteiger charge is -2.15. The number of oxime groups is 1. The molecule has 2 amide bonds. The quantitative estimate of drug-likeness (QED) is 0.809. The average molecular weight is 376 g/mol. The molecule has 2 heterocycles. The van der Waals surface area contributed by atoms with Gasteiger partial charge in [-0.25, -0.2) is 0 Å². The number of amides is 2. The number of carbonyl (C=O) groups excluding carboxylic acids is 2. The first-order valence-corrected chi connectivity index (χ1v) is 8.50. The van der Waals surface area contributed by atoms with Gasteiger partial charge in [0.1, 0.15) is 11.8 Å². The second-order valence-corrected chi connectivity index (χ2v) is 6.31. The number of carbonyl (C=O) groups is 2. The number of nitrogens with one attached hydrogen (secondary N) is 2. The molecule has 0 saturated heterocycles. The molecular formula is C18H18ClN3O4. The molecule has 2 N–H and O–H groups in total. The van der Waals surface area contributed by atoms with Crippen LogP contribution in [-0.4, -0.2) is 29.7 Å². The Kier molecular flexibility index (Phi) is 5.58. The number of halogens is 1. The Hall–Kier alpha value is -2.80. The molecule has 136 valence electrons. The van der Waals surface area contributed by atoms with Gasteiger partial charge in [-0.3, -0.25) is 9.59 Å². The van der Waals surface area contributed by atoms with Crippen molar-refractivity contribution < 1.29 is 18.8 Å². The minimum atomic E-state index is -0.763. The van der Waals surface area contributed by atoms with E-state index in [-0.39, 0.29) is 12.5 Å². The van der Waals surface area contributed by atoms with Crippen LogP contribution in [0, 0.1) is 0 Å². The third-order valence-electron chi connectivity index (χ3n) is 3.91. The van der Waals surface area contributed by atoms with Crippen LogP contribution in [0.4, 0.5) is 0 Å². The minimum Gasteiger partial charge on any atom is -0.467 e. The predicted octanol–water partition coefficient (Wildman–Crippen LogP) is 2.25. The molecule has 1 aromatic carbocycles. The molecule has 0 spiro atoms. The standard InChI is InChI=1S/C18H18ClN3O4/c1-11(17(23)20-10-14-3-2-8-25-14)21-18(24)16-9-15(22-26-16)12-4-6-13(19)7-5-12/h2-8,11,16H,9-10H2,1H3,(H,20,23)(H,21,24)/t11-,16-/m1/s1. The second-order valence-electron chi connectivity index (χ2n) is 5.87. The van der Waals surface area contributed by atoms with Crippen LogP contribution < -0.4 is 10.6 Å². The van der Waals surface area contributed by atoms with Gasteiger partial charge in [-0.05, 0) is 36.8 Å². The Morgan fingerprint density at radius 2 is 2.08 bits per heavy atom. The van der Waals surface area contributed by atoms with Crippen LogP contribution in [0.2, 0.25) is 5.02 Å². The van der Waals surface area contributed by atoms with Crippen molar-refractivity contribution in [3.05, 3.63) is 59.0 Å². The molecule has 7 nitrogen and oxygen atoms in total. The van der Waals surface area contributed by atoms with E-state index in [4.69, 9.17) is 20.9 Å². The van der Waals surface area contributed by atoms with E-state index in [1.165, 1.54) is 6.26 Å². The van der Waals surface area contributed by atoms with Gasteiger partial charge in [0.15, 0.2) is 0 Å². The lowest BCUT2D eigenvalue weighted by atomic mass is 10.0. The summed E-state index contributed by atoms with van der Waals surface area (Å²) in [5.74, 6) is -0.0676. The van der Waals surface area contributed by atoms with Gasteiger partial charge in [0.25, 0.3) is 5.91 Å². The molecule has 0 aliphatic carbocycles. The number of nitrogens with zero attached hydrogens (tertiary/aromatic N) is 1. The smallest absolute Gasteiger partial charge is 0.264 e. The van der Waals surface area contributed by atoms with Crippen molar-refractivity contribution in [2.24, 2.45) is 5.16 Å². The maximum absolute atomic E-state index is 12.3. The average Bonchev–Trinajstić information content (AvgIpc) is 3.32. The van der Waals surface area contributed by atoms with E-state index in [1.807, 2.05) is 12.1 Å². The first-order chi connectivity index (χ1) is 12.5. The Balaban J connectivity index is 1.47. The Labute approximate surface area is 155 Å². The SMILES string of the molecule is C[C@@H](NC(=O)[C@H]1CC(c2ccc(Cl)cc2)=NO1)C(=O)NCc1ccco1. The van der Waals surface area contributed by atoms with Crippen LogP contribution in [-0.2, 0) is 21.0 Å². The largest absolute Gasteiger partial charge is 0.467 e. The highest BCUT2D eigenvalue weighted by Crippen LogP contribution is 2.18. The maximum Gasteiger partial charge on any atom is 0.264 e.